The summed E-state index contributed by atoms with van der Waals surface area (Å²) in [7, 11) is 0. The van der Waals surface area contributed by atoms with Crippen LogP contribution in [0.15, 0.2) is 6.07 Å². The van der Waals surface area contributed by atoms with Crippen LogP contribution in [0.25, 0.3) is 0 Å². The second-order valence-electron chi connectivity index (χ2n) is 5.88. The number of benzene rings is 1. The summed E-state index contributed by atoms with van der Waals surface area (Å²) in [5.74, 6) is -0.944. The Balaban J connectivity index is 2.68. The van der Waals surface area contributed by atoms with Gasteiger partial charge >= 0.3 is 5.97 Å². The van der Waals surface area contributed by atoms with Crippen LogP contribution in [0.2, 0.25) is 0 Å². The number of nitriles is 1. The summed E-state index contributed by atoms with van der Waals surface area (Å²) in [6, 6.07) is 3.44. The van der Waals surface area contributed by atoms with Gasteiger partial charge in [-0.3, -0.25) is 4.79 Å². The summed E-state index contributed by atoms with van der Waals surface area (Å²) < 4.78 is 14.4. The number of aliphatic carboxylic acids is 1. The lowest BCUT2D eigenvalue weighted by molar-refractivity contribution is -0.136. The summed E-state index contributed by atoms with van der Waals surface area (Å²) >= 11 is 0. The molecule has 2 rings (SSSR count). The van der Waals surface area contributed by atoms with Gasteiger partial charge in [-0.2, -0.15) is 5.26 Å². The van der Waals surface area contributed by atoms with E-state index in [2.05, 4.69) is 6.92 Å². The second kappa shape index (κ2) is 5.24. The molecule has 1 unspecified atom stereocenters. The maximum atomic E-state index is 14.4. The minimum absolute atomic E-state index is 0.0249. The van der Waals surface area contributed by atoms with Crippen molar-refractivity contribution >= 4 is 5.97 Å². The third-order valence-corrected chi connectivity index (χ3v) is 3.98. The van der Waals surface area contributed by atoms with Gasteiger partial charge in [0.1, 0.15) is 11.9 Å². The van der Waals surface area contributed by atoms with Crippen molar-refractivity contribution in [2.45, 2.75) is 45.4 Å². The fourth-order valence-corrected chi connectivity index (χ4v) is 2.86. The van der Waals surface area contributed by atoms with Crippen LogP contribution < -0.4 is 0 Å². The summed E-state index contributed by atoms with van der Waals surface area (Å²) in [4.78, 5) is 11.1. The first-order valence-electron chi connectivity index (χ1n) is 6.83. The third-order valence-electron chi connectivity index (χ3n) is 3.98. The fraction of sp³-hybridized carbons (Fsp3) is 0.500. The van der Waals surface area contributed by atoms with Crippen LogP contribution in [-0.2, 0) is 11.2 Å². The Hall–Kier alpha value is -1.89. The molecule has 0 amide bonds. The monoisotopic (exact) mass is 275 g/mol. The zero-order chi connectivity index (χ0) is 15.0. The Kier molecular flexibility index (Phi) is 3.80. The molecule has 1 aliphatic rings. The predicted octanol–water partition coefficient (Wildman–Crippen LogP) is 3.57. The van der Waals surface area contributed by atoms with Crippen molar-refractivity contribution in [1.82, 2.24) is 0 Å². The fourth-order valence-electron chi connectivity index (χ4n) is 2.86. The Bertz CT molecular complexity index is 601. The van der Waals surface area contributed by atoms with Crippen LogP contribution in [0.4, 0.5) is 4.39 Å². The van der Waals surface area contributed by atoms with Gasteiger partial charge in [-0.25, -0.2) is 4.39 Å². The van der Waals surface area contributed by atoms with Gasteiger partial charge in [0.05, 0.1) is 12.0 Å². The smallest absolute Gasteiger partial charge is 0.307 e. The summed E-state index contributed by atoms with van der Waals surface area (Å²) in [6.45, 7) is 5.73. The number of rotatable bonds is 4. The maximum Gasteiger partial charge on any atom is 0.307 e. The molecule has 0 aliphatic heterocycles. The molecule has 0 radical (unpaired) electrons. The highest BCUT2D eigenvalue weighted by Crippen LogP contribution is 2.49. The van der Waals surface area contributed by atoms with Crippen LogP contribution in [0.1, 0.15) is 61.3 Å². The van der Waals surface area contributed by atoms with Crippen LogP contribution >= 0.6 is 0 Å². The molecule has 1 aliphatic carbocycles. The Morgan fingerprint density at radius 1 is 1.60 bits per heavy atom. The highest BCUT2D eigenvalue weighted by Gasteiger charge is 2.37. The zero-order valence-corrected chi connectivity index (χ0v) is 11.9. The van der Waals surface area contributed by atoms with E-state index >= 15 is 0 Å². The second-order valence-corrected chi connectivity index (χ2v) is 5.88. The normalized spacial score (nSPS) is 20.8. The van der Waals surface area contributed by atoms with Gasteiger partial charge in [0.25, 0.3) is 0 Å². The quantitative estimate of drug-likeness (QED) is 0.913. The summed E-state index contributed by atoms with van der Waals surface area (Å²) in [5, 5.41) is 18.2. The van der Waals surface area contributed by atoms with Gasteiger partial charge in [0, 0.05) is 0 Å². The van der Waals surface area contributed by atoms with Crippen molar-refractivity contribution in [2.75, 3.05) is 0 Å². The van der Waals surface area contributed by atoms with Gasteiger partial charge in [-0.15, -0.1) is 0 Å². The number of hydrogen-bond donors (Lipinski definition) is 1. The lowest BCUT2D eigenvalue weighted by atomic mass is 9.86. The van der Waals surface area contributed by atoms with Gasteiger partial charge < -0.3 is 5.11 Å². The van der Waals surface area contributed by atoms with E-state index in [0.29, 0.717) is 17.0 Å². The van der Waals surface area contributed by atoms with E-state index in [9.17, 15) is 9.18 Å². The van der Waals surface area contributed by atoms with Crippen molar-refractivity contribution in [2.24, 2.45) is 5.92 Å². The minimum atomic E-state index is -0.967. The van der Waals surface area contributed by atoms with E-state index in [4.69, 9.17) is 10.4 Å². The zero-order valence-electron chi connectivity index (χ0n) is 11.9. The topological polar surface area (TPSA) is 61.1 Å². The summed E-state index contributed by atoms with van der Waals surface area (Å²) in [6.07, 6.45) is 0.787. The maximum absolute atomic E-state index is 14.4. The van der Waals surface area contributed by atoms with E-state index in [1.807, 2.05) is 19.9 Å². The molecular formula is C16H18FNO2. The molecule has 1 N–H and O–H groups in total. The number of carboxylic acids is 1. The minimum Gasteiger partial charge on any atom is -0.481 e. The van der Waals surface area contributed by atoms with Crippen LogP contribution in [-0.4, -0.2) is 11.1 Å². The number of halogens is 1. The average Bonchev–Trinajstić information content (AvgIpc) is 3.05. The van der Waals surface area contributed by atoms with Crippen LogP contribution in [0.3, 0.4) is 0 Å². The molecule has 20 heavy (non-hydrogen) atoms. The molecule has 2 atom stereocenters. The molecule has 0 saturated heterocycles. The van der Waals surface area contributed by atoms with E-state index in [0.717, 1.165) is 12.0 Å². The van der Waals surface area contributed by atoms with Crippen molar-refractivity contribution in [3.63, 3.8) is 0 Å². The largest absolute Gasteiger partial charge is 0.481 e. The molecular weight excluding hydrogens is 257 g/mol. The first kappa shape index (κ1) is 14.5. The lowest BCUT2D eigenvalue weighted by Gasteiger charge is -2.18. The molecule has 0 bridgehead atoms. The Morgan fingerprint density at radius 3 is 2.60 bits per heavy atom. The van der Waals surface area contributed by atoms with Crippen molar-refractivity contribution in [1.29, 1.82) is 5.26 Å². The van der Waals surface area contributed by atoms with Crippen LogP contribution in [0, 0.1) is 23.1 Å². The number of carbonyl (C=O) groups is 1. The lowest BCUT2D eigenvalue weighted by Crippen LogP contribution is -2.12. The van der Waals surface area contributed by atoms with Crippen molar-refractivity contribution in [3.05, 3.63) is 34.1 Å². The van der Waals surface area contributed by atoms with Gasteiger partial charge in [0.2, 0.25) is 0 Å². The molecule has 3 nitrogen and oxygen atoms in total. The summed E-state index contributed by atoms with van der Waals surface area (Å²) in [5.41, 5.74) is 1.83. The predicted molar refractivity (Wildman–Crippen MR) is 73.1 cm³/mol. The van der Waals surface area contributed by atoms with E-state index in [-0.39, 0.29) is 23.8 Å². The molecule has 1 fully saturated rings. The van der Waals surface area contributed by atoms with Gasteiger partial charge in [-0.1, -0.05) is 20.8 Å². The van der Waals surface area contributed by atoms with Crippen molar-refractivity contribution < 1.29 is 14.3 Å². The van der Waals surface area contributed by atoms with Gasteiger partial charge in [0.15, 0.2) is 0 Å². The Morgan fingerprint density at radius 2 is 2.20 bits per heavy atom. The standard InChI is InChI=1S/C16H18FNO2/c1-8(2)15-13(6-14(19)20)12(11-4-9(11)3)5-10(7-18)16(15)17/h5,8-9,11H,4,6H2,1-3H3,(H,19,20)/t9-,11?/m1/s1. The number of nitrogens with zero attached hydrogens (tertiary/aromatic N) is 1. The molecule has 0 spiro atoms. The number of carboxylic acid groups (broad SMARTS) is 1. The van der Waals surface area contributed by atoms with E-state index in [1.165, 1.54) is 0 Å². The molecule has 1 aromatic carbocycles. The molecule has 106 valence electrons. The van der Waals surface area contributed by atoms with Crippen molar-refractivity contribution in [3.8, 4) is 6.07 Å². The van der Waals surface area contributed by atoms with E-state index < -0.39 is 11.8 Å². The molecule has 0 aromatic heterocycles. The third kappa shape index (κ3) is 2.53. The highest BCUT2D eigenvalue weighted by molar-refractivity contribution is 5.72. The van der Waals surface area contributed by atoms with Crippen LogP contribution in [0.5, 0.6) is 0 Å². The SMILES string of the molecule is CC(C)c1c(F)c(C#N)cc(C2C[C@H]2C)c1CC(=O)O. The Labute approximate surface area is 118 Å². The first-order chi connectivity index (χ1) is 9.36. The average molecular weight is 275 g/mol. The first-order valence-corrected chi connectivity index (χ1v) is 6.83. The molecule has 1 saturated carbocycles. The molecule has 4 heteroatoms. The molecule has 0 heterocycles. The highest BCUT2D eigenvalue weighted by atomic mass is 19.1. The van der Waals surface area contributed by atoms with E-state index in [1.54, 1.807) is 6.07 Å². The number of hydrogen-bond acceptors (Lipinski definition) is 2. The van der Waals surface area contributed by atoms with Gasteiger partial charge in [-0.05, 0) is 46.9 Å². The molecule has 1 aromatic rings.